The van der Waals surface area contributed by atoms with Gasteiger partial charge in [0.2, 0.25) is 0 Å². The number of aliphatic hydroxyl groups excluding tert-OH is 1. The van der Waals surface area contributed by atoms with Gasteiger partial charge in [-0.05, 0) is 0 Å². The Morgan fingerprint density at radius 3 is 2.76 bits per heavy atom. The number of likely N-dealkylation sites (tertiary alicyclic amines) is 1. The molecule has 21 heavy (non-hydrogen) atoms. The molecule has 0 spiro atoms. The quantitative estimate of drug-likeness (QED) is 0.224. The van der Waals surface area contributed by atoms with Crippen LogP contribution in [0.15, 0.2) is 0 Å². The number of aliphatic hydroxyl groups is 1. The maximum absolute atomic E-state index is 12.4. The Kier molecular flexibility index (Phi) is 8.56. The zero-order chi connectivity index (χ0) is 16.0. The molecule has 1 amide bonds. The van der Waals surface area contributed by atoms with Crippen LogP contribution in [0.5, 0.6) is 0 Å². The van der Waals surface area contributed by atoms with Crippen molar-refractivity contribution < 1.29 is 35.9 Å². The van der Waals surface area contributed by atoms with Crippen molar-refractivity contribution in [2.24, 2.45) is 5.92 Å². The van der Waals surface area contributed by atoms with E-state index in [0.717, 1.165) is 18.6 Å². The van der Waals surface area contributed by atoms with Crippen molar-refractivity contribution in [2.75, 3.05) is 10.7 Å². The Bertz CT molecular complexity index is 367. The van der Waals surface area contributed by atoms with Gasteiger partial charge in [0.15, 0.2) is 0 Å². The summed E-state index contributed by atoms with van der Waals surface area (Å²) in [5.41, 5.74) is 0. The molecule has 0 bridgehead atoms. The average Bonchev–Trinajstić information content (AvgIpc) is 2.72. The summed E-state index contributed by atoms with van der Waals surface area (Å²) in [5.74, 6) is 1.00. The predicted octanol–water partition coefficient (Wildman–Crippen LogP) is -0.901. The first-order valence-electron chi connectivity index (χ1n) is 7.57. The van der Waals surface area contributed by atoms with Gasteiger partial charge in [-0.2, -0.15) is 0 Å². The molecule has 124 valence electrons. The monoisotopic (exact) mass is 428 g/mol. The number of nitrogens with zero attached hydrogens (tertiary/aromatic N) is 1. The number of unbranched alkanes of at least 4 members (excludes halogenated alkanes) is 1. The van der Waals surface area contributed by atoms with Crippen molar-refractivity contribution in [1.29, 1.82) is 0 Å². The van der Waals surface area contributed by atoms with Crippen LogP contribution >= 0.6 is 11.8 Å². The van der Waals surface area contributed by atoms with Gasteiger partial charge in [0.1, 0.15) is 0 Å². The van der Waals surface area contributed by atoms with Crippen LogP contribution in [0.3, 0.4) is 0 Å². The molecule has 4 nitrogen and oxygen atoms in total. The molecule has 1 aliphatic heterocycles. The number of carbonyl (C=O) groups is 2. The van der Waals surface area contributed by atoms with E-state index in [1.165, 1.54) is 0 Å². The van der Waals surface area contributed by atoms with Gasteiger partial charge in [-0.25, -0.2) is 0 Å². The Labute approximate surface area is 142 Å². The standard InChI is InChI=1S/C15H27INO3S/c1-5-6-7-21-12-9-13(18)17(15(12)20)11(3)8-10(2)14(19)16-4/h10-13,18H,5-9H2,1-4H3/q-1. The summed E-state index contributed by atoms with van der Waals surface area (Å²) in [6.45, 7) is 6.01. The van der Waals surface area contributed by atoms with Gasteiger partial charge in [-0.15, -0.1) is 0 Å². The van der Waals surface area contributed by atoms with Gasteiger partial charge >= 0.3 is 143 Å². The predicted molar refractivity (Wildman–Crippen MR) is 82.8 cm³/mol. The molecule has 4 unspecified atom stereocenters. The molecule has 0 saturated carbocycles. The number of rotatable bonds is 9. The third-order valence-corrected chi connectivity index (χ3v) is 7.28. The second kappa shape index (κ2) is 9.35. The van der Waals surface area contributed by atoms with Crippen LogP contribution in [0.25, 0.3) is 0 Å². The molecule has 0 aromatic carbocycles. The zero-order valence-corrected chi connectivity index (χ0v) is 16.3. The molecular formula is C15H27INO3S-. The summed E-state index contributed by atoms with van der Waals surface area (Å²) in [4.78, 5) is 27.8. The van der Waals surface area contributed by atoms with E-state index in [0.29, 0.717) is 16.6 Å². The van der Waals surface area contributed by atoms with Crippen molar-refractivity contribution >= 4 is 21.5 Å². The van der Waals surface area contributed by atoms with Crippen LogP contribution < -0.4 is 21.2 Å². The molecule has 1 fully saturated rings. The SMILES string of the molecule is CCCCSC1CC(O)N(C(C)CC(C)C(=O)[I-]C)C1=O. The van der Waals surface area contributed by atoms with Gasteiger partial charge < -0.3 is 0 Å². The molecule has 1 N–H and O–H groups in total. The van der Waals surface area contributed by atoms with E-state index in [1.807, 2.05) is 18.8 Å². The second-order valence-electron chi connectivity index (χ2n) is 5.65. The molecule has 0 radical (unpaired) electrons. The molecule has 1 rings (SSSR count). The van der Waals surface area contributed by atoms with Crippen molar-refractivity contribution in [3.63, 3.8) is 0 Å². The normalized spacial score (nSPS) is 25.4. The van der Waals surface area contributed by atoms with Crippen molar-refractivity contribution in [1.82, 2.24) is 4.90 Å². The van der Waals surface area contributed by atoms with Crippen LogP contribution in [0.4, 0.5) is 0 Å². The van der Waals surface area contributed by atoms with E-state index in [2.05, 4.69) is 6.92 Å². The Morgan fingerprint density at radius 2 is 2.19 bits per heavy atom. The van der Waals surface area contributed by atoms with Crippen LogP contribution in [0.2, 0.25) is 0 Å². The number of thioether (sulfide) groups is 1. The van der Waals surface area contributed by atoms with Crippen LogP contribution in [0.1, 0.15) is 46.5 Å². The summed E-state index contributed by atoms with van der Waals surface area (Å²) >= 11 is 1.27. The summed E-state index contributed by atoms with van der Waals surface area (Å²) in [7, 11) is 0. The molecule has 0 aromatic rings. The van der Waals surface area contributed by atoms with E-state index in [-0.39, 0.29) is 23.1 Å². The van der Waals surface area contributed by atoms with Crippen LogP contribution in [-0.4, -0.2) is 47.9 Å². The van der Waals surface area contributed by atoms with E-state index in [1.54, 1.807) is 16.7 Å². The fraction of sp³-hybridized carbons (Fsp3) is 0.867. The second-order valence-corrected chi connectivity index (χ2v) is 9.11. The Hall–Kier alpha value is 0.180. The third kappa shape index (κ3) is 5.39. The molecule has 4 atom stereocenters. The average molecular weight is 428 g/mol. The van der Waals surface area contributed by atoms with Crippen molar-refractivity contribution in [3.05, 3.63) is 0 Å². The minimum absolute atomic E-state index is 0.00963. The van der Waals surface area contributed by atoms with E-state index < -0.39 is 27.4 Å². The molecule has 6 heteroatoms. The first-order chi connectivity index (χ1) is 9.92. The first-order valence-corrected chi connectivity index (χ1v) is 11.9. The van der Waals surface area contributed by atoms with E-state index >= 15 is 0 Å². The van der Waals surface area contributed by atoms with Crippen molar-refractivity contribution in [3.8, 4) is 0 Å². The zero-order valence-electron chi connectivity index (χ0n) is 13.3. The van der Waals surface area contributed by atoms with E-state index in [9.17, 15) is 14.7 Å². The number of alkyl halides is 1. The fourth-order valence-electron chi connectivity index (χ4n) is 2.64. The fourth-order valence-corrected chi connectivity index (χ4v) is 5.27. The van der Waals surface area contributed by atoms with Gasteiger partial charge in [0, 0.05) is 0 Å². The van der Waals surface area contributed by atoms with Gasteiger partial charge in [-0.1, -0.05) is 0 Å². The summed E-state index contributed by atoms with van der Waals surface area (Å²) in [6.07, 6.45) is 2.70. The molecule has 1 aliphatic rings. The summed E-state index contributed by atoms with van der Waals surface area (Å²) < 4.78 is 0.329. The molecule has 1 saturated heterocycles. The summed E-state index contributed by atoms with van der Waals surface area (Å²) in [6, 6.07) is -0.0706. The maximum atomic E-state index is 12.4. The number of hydrogen-bond acceptors (Lipinski definition) is 4. The Morgan fingerprint density at radius 1 is 1.52 bits per heavy atom. The third-order valence-electron chi connectivity index (χ3n) is 3.84. The summed E-state index contributed by atoms with van der Waals surface area (Å²) in [5, 5.41) is 10.1. The molecular weight excluding hydrogens is 401 g/mol. The van der Waals surface area contributed by atoms with Crippen LogP contribution in [-0.2, 0) is 9.59 Å². The van der Waals surface area contributed by atoms with Crippen molar-refractivity contribution in [2.45, 2.75) is 64.0 Å². The number of amides is 1. The van der Waals surface area contributed by atoms with Gasteiger partial charge in [0.05, 0.1) is 0 Å². The van der Waals surface area contributed by atoms with E-state index in [4.69, 9.17) is 0 Å². The van der Waals surface area contributed by atoms with Gasteiger partial charge in [0.25, 0.3) is 0 Å². The molecule has 1 heterocycles. The number of carbonyl (C=O) groups excluding carboxylic acids is 2. The topological polar surface area (TPSA) is 57.6 Å². The number of halogens is 1. The minimum atomic E-state index is -0.690. The molecule has 0 aromatic heterocycles. The van der Waals surface area contributed by atoms with Crippen LogP contribution in [0, 0.1) is 5.92 Å². The first kappa shape index (κ1) is 19.2. The Balaban J connectivity index is 2.57. The van der Waals surface area contributed by atoms with Gasteiger partial charge in [-0.3, -0.25) is 0 Å². The molecule has 0 aliphatic carbocycles. The number of hydrogen-bond donors (Lipinski definition) is 1.